The second kappa shape index (κ2) is 9.35. The van der Waals surface area contributed by atoms with Crippen molar-refractivity contribution in [3.05, 3.63) is 82.2 Å². The van der Waals surface area contributed by atoms with Gasteiger partial charge in [0.25, 0.3) is 0 Å². The molecule has 0 aliphatic carbocycles. The van der Waals surface area contributed by atoms with Gasteiger partial charge in [0.1, 0.15) is 10.6 Å². The van der Waals surface area contributed by atoms with Crippen LogP contribution in [0.3, 0.4) is 0 Å². The Balaban J connectivity index is 1.87. The molecule has 0 spiro atoms. The Bertz CT molecular complexity index is 1010. The van der Waals surface area contributed by atoms with E-state index in [-0.39, 0.29) is 12.5 Å². The number of rotatable bonds is 6. The van der Waals surface area contributed by atoms with Crippen LogP contribution in [0.15, 0.2) is 66.1 Å². The van der Waals surface area contributed by atoms with Crippen molar-refractivity contribution in [2.24, 2.45) is 0 Å². The average molecular weight is 412 g/mol. The molecule has 1 amide bonds. The first-order chi connectivity index (χ1) is 13.6. The number of ether oxygens (including phenoxy) is 1. The maximum absolute atomic E-state index is 12.5. The molecule has 0 saturated heterocycles. The van der Waals surface area contributed by atoms with E-state index in [1.165, 1.54) is 17.4 Å². The Morgan fingerprint density at radius 2 is 1.82 bits per heavy atom. The number of benzene rings is 2. The molecular formula is C22H18ClNO3S. The minimum atomic E-state index is -0.465. The molecule has 1 aromatic heterocycles. The van der Waals surface area contributed by atoms with Crippen LogP contribution in [0.5, 0.6) is 0 Å². The van der Waals surface area contributed by atoms with Crippen molar-refractivity contribution in [1.82, 2.24) is 0 Å². The SMILES string of the molecule is CCOC(=O)c1c(-c2ccccc2)csc1NC(=O)/C=C/c1ccccc1Cl. The third kappa shape index (κ3) is 4.68. The molecule has 1 N–H and O–H groups in total. The first kappa shape index (κ1) is 19.9. The van der Waals surface area contributed by atoms with E-state index in [1.54, 1.807) is 19.1 Å². The molecule has 142 valence electrons. The van der Waals surface area contributed by atoms with E-state index in [0.717, 1.165) is 16.7 Å². The fourth-order valence-electron chi connectivity index (χ4n) is 2.62. The van der Waals surface area contributed by atoms with Gasteiger partial charge in [-0.1, -0.05) is 60.1 Å². The fourth-order valence-corrected chi connectivity index (χ4v) is 3.77. The molecule has 0 aliphatic rings. The van der Waals surface area contributed by atoms with Gasteiger partial charge in [0, 0.05) is 22.0 Å². The maximum atomic E-state index is 12.5. The average Bonchev–Trinajstić information content (AvgIpc) is 3.12. The lowest BCUT2D eigenvalue weighted by Crippen LogP contribution is -2.12. The second-order valence-corrected chi connectivity index (χ2v) is 7.07. The number of carbonyl (C=O) groups excluding carboxylic acids is 2. The van der Waals surface area contributed by atoms with Crippen LogP contribution in [0.2, 0.25) is 5.02 Å². The highest BCUT2D eigenvalue weighted by Gasteiger charge is 2.22. The summed E-state index contributed by atoms with van der Waals surface area (Å²) in [4.78, 5) is 24.9. The quantitative estimate of drug-likeness (QED) is 0.406. The largest absolute Gasteiger partial charge is 0.462 e. The summed E-state index contributed by atoms with van der Waals surface area (Å²) in [6.45, 7) is 2.00. The van der Waals surface area contributed by atoms with Gasteiger partial charge in [0.05, 0.1) is 6.61 Å². The van der Waals surface area contributed by atoms with Crippen LogP contribution in [-0.4, -0.2) is 18.5 Å². The summed E-state index contributed by atoms with van der Waals surface area (Å²) >= 11 is 7.38. The number of halogens is 1. The summed E-state index contributed by atoms with van der Waals surface area (Å²) in [6, 6.07) is 16.7. The Morgan fingerprint density at radius 3 is 2.54 bits per heavy atom. The zero-order valence-corrected chi connectivity index (χ0v) is 16.7. The number of amides is 1. The molecule has 0 radical (unpaired) electrons. The normalized spacial score (nSPS) is 10.8. The molecule has 0 bridgehead atoms. The van der Waals surface area contributed by atoms with Gasteiger partial charge >= 0.3 is 5.97 Å². The summed E-state index contributed by atoms with van der Waals surface area (Å²) in [5.74, 6) is -0.820. The lowest BCUT2D eigenvalue weighted by atomic mass is 10.0. The first-order valence-corrected chi connectivity index (χ1v) is 9.93. The van der Waals surface area contributed by atoms with E-state index in [4.69, 9.17) is 16.3 Å². The summed E-state index contributed by atoms with van der Waals surface area (Å²) in [7, 11) is 0. The predicted molar refractivity (Wildman–Crippen MR) is 115 cm³/mol. The van der Waals surface area contributed by atoms with Crippen molar-refractivity contribution in [1.29, 1.82) is 0 Å². The van der Waals surface area contributed by atoms with E-state index in [0.29, 0.717) is 15.6 Å². The number of hydrogen-bond donors (Lipinski definition) is 1. The molecule has 0 atom stereocenters. The van der Waals surface area contributed by atoms with Crippen LogP contribution >= 0.6 is 22.9 Å². The van der Waals surface area contributed by atoms with Crippen LogP contribution < -0.4 is 5.32 Å². The Kier molecular flexibility index (Phi) is 6.63. The fraction of sp³-hybridized carbons (Fsp3) is 0.0909. The maximum Gasteiger partial charge on any atom is 0.341 e. The van der Waals surface area contributed by atoms with Crippen molar-refractivity contribution in [3.63, 3.8) is 0 Å². The number of carbonyl (C=O) groups is 2. The molecule has 1 heterocycles. The van der Waals surface area contributed by atoms with Crippen molar-refractivity contribution >= 4 is 45.9 Å². The van der Waals surface area contributed by atoms with Gasteiger partial charge in [-0.25, -0.2) is 4.79 Å². The number of hydrogen-bond acceptors (Lipinski definition) is 4. The van der Waals surface area contributed by atoms with Crippen molar-refractivity contribution in [2.45, 2.75) is 6.92 Å². The van der Waals surface area contributed by atoms with Crippen LogP contribution in [0, 0.1) is 0 Å². The minimum absolute atomic E-state index is 0.253. The molecule has 4 nitrogen and oxygen atoms in total. The molecule has 3 aromatic rings. The van der Waals surface area contributed by atoms with Crippen LogP contribution in [-0.2, 0) is 9.53 Å². The molecule has 0 saturated carbocycles. The van der Waals surface area contributed by atoms with Crippen molar-refractivity contribution in [2.75, 3.05) is 11.9 Å². The van der Waals surface area contributed by atoms with Gasteiger partial charge in [0.2, 0.25) is 5.91 Å². The summed E-state index contributed by atoms with van der Waals surface area (Å²) in [5, 5.41) is 5.63. The zero-order valence-electron chi connectivity index (χ0n) is 15.1. The molecule has 0 unspecified atom stereocenters. The third-order valence-corrected chi connectivity index (χ3v) is 5.15. The Hall–Kier alpha value is -2.89. The minimum Gasteiger partial charge on any atom is -0.462 e. The standard InChI is InChI=1S/C22H18ClNO3S/c1-2-27-22(26)20-17(15-8-4-3-5-9-15)14-28-21(20)24-19(25)13-12-16-10-6-7-11-18(16)23/h3-14H,2H2,1H3,(H,24,25)/b13-12+. The van der Waals surface area contributed by atoms with Crippen molar-refractivity contribution < 1.29 is 14.3 Å². The second-order valence-electron chi connectivity index (χ2n) is 5.78. The van der Waals surface area contributed by atoms with Crippen LogP contribution in [0.1, 0.15) is 22.8 Å². The van der Waals surface area contributed by atoms with Gasteiger partial charge in [-0.15, -0.1) is 11.3 Å². The highest BCUT2D eigenvalue weighted by atomic mass is 35.5. The molecule has 2 aromatic carbocycles. The van der Waals surface area contributed by atoms with Gasteiger partial charge in [0.15, 0.2) is 0 Å². The monoisotopic (exact) mass is 411 g/mol. The van der Waals surface area contributed by atoms with Gasteiger partial charge in [-0.3, -0.25) is 4.79 Å². The lowest BCUT2D eigenvalue weighted by molar-refractivity contribution is -0.111. The van der Waals surface area contributed by atoms with E-state index in [9.17, 15) is 9.59 Å². The molecule has 3 rings (SSSR count). The number of thiophene rings is 1. The van der Waals surface area contributed by atoms with Gasteiger partial charge in [-0.2, -0.15) is 0 Å². The lowest BCUT2D eigenvalue weighted by Gasteiger charge is -2.08. The number of anilines is 1. The predicted octanol–water partition coefficient (Wildman–Crippen LogP) is 5.90. The Morgan fingerprint density at radius 1 is 1.11 bits per heavy atom. The number of esters is 1. The molecule has 6 heteroatoms. The van der Waals surface area contributed by atoms with Gasteiger partial charge in [-0.05, 0) is 30.2 Å². The van der Waals surface area contributed by atoms with E-state index >= 15 is 0 Å². The molecule has 28 heavy (non-hydrogen) atoms. The highest BCUT2D eigenvalue weighted by Crippen LogP contribution is 2.36. The summed E-state index contributed by atoms with van der Waals surface area (Å²) in [5.41, 5.74) is 2.71. The highest BCUT2D eigenvalue weighted by molar-refractivity contribution is 7.15. The molecule has 0 aliphatic heterocycles. The third-order valence-electron chi connectivity index (χ3n) is 3.91. The first-order valence-electron chi connectivity index (χ1n) is 8.67. The molecule has 0 fully saturated rings. The summed E-state index contributed by atoms with van der Waals surface area (Å²) in [6.07, 6.45) is 3.02. The summed E-state index contributed by atoms with van der Waals surface area (Å²) < 4.78 is 5.20. The van der Waals surface area contributed by atoms with E-state index in [2.05, 4.69) is 5.32 Å². The van der Waals surface area contributed by atoms with E-state index < -0.39 is 5.97 Å². The van der Waals surface area contributed by atoms with Crippen molar-refractivity contribution in [3.8, 4) is 11.1 Å². The Labute approximate surface area is 172 Å². The van der Waals surface area contributed by atoms with Crippen LogP contribution in [0.4, 0.5) is 5.00 Å². The zero-order chi connectivity index (χ0) is 19.9. The smallest absolute Gasteiger partial charge is 0.341 e. The van der Waals surface area contributed by atoms with E-state index in [1.807, 2.05) is 53.9 Å². The molecular weight excluding hydrogens is 394 g/mol. The van der Waals surface area contributed by atoms with Crippen LogP contribution in [0.25, 0.3) is 17.2 Å². The topological polar surface area (TPSA) is 55.4 Å². The number of nitrogens with one attached hydrogen (secondary N) is 1. The van der Waals surface area contributed by atoms with Gasteiger partial charge < -0.3 is 10.1 Å².